The van der Waals surface area contributed by atoms with E-state index in [-0.39, 0.29) is 17.1 Å². The van der Waals surface area contributed by atoms with Gasteiger partial charge in [0, 0.05) is 5.56 Å². The Labute approximate surface area is 121 Å². The first-order chi connectivity index (χ1) is 10.2. The lowest BCUT2D eigenvalue weighted by molar-refractivity contribution is 0.0723. The molecule has 0 N–H and O–H groups in total. The summed E-state index contributed by atoms with van der Waals surface area (Å²) >= 11 is 0. The Balaban J connectivity index is 2.28. The maximum atomic E-state index is 13.5. The third-order valence-corrected chi connectivity index (χ3v) is 2.70. The SMILES string of the molecule is CCOc1cc(C=O)ccc1OC(=O)c1ccccc1F. The largest absolute Gasteiger partial charge is 0.490 e. The predicted octanol–water partition coefficient (Wildman–Crippen LogP) is 3.26. The molecule has 0 bridgehead atoms. The van der Waals surface area contributed by atoms with Gasteiger partial charge in [0.15, 0.2) is 11.5 Å². The molecule has 5 heteroatoms. The van der Waals surface area contributed by atoms with E-state index in [0.29, 0.717) is 18.5 Å². The Kier molecular flexibility index (Phi) is 4.66. The Morgan fingerprint density at radius 1 is 1.19 bits per heavy atom. The molecule has 0 radical (unpaired) electrons. The van der Waals surface area contributed by atoms with Gasteiger partial charge in [-0.25, -0.2) is 9.18 Å². The first-order valence-electron chi connectivity index (χ1n) is 6.34. The average Bonchev–Trinajstić information content (AvgIpc) is 2.49. The molecular weight excluding hydrogens is 275 g/mol. The van der Waals surface area contributed by atoms with Gasteiger partial charge in [-0.05, 0) is 37.3 Å². The van der Waals surface area contributed by atoms with Crippen LogP contribution in [-0.2, 0) is 0 Å². The van der Waals surface area contributed by atoms with Gasteiger partial charge in [-0.1, -0.05) is 12.1 Å². The zero-order chi connectivity index (χ0) is 15.2. The van der Waals surface area contributed by atoms with Gasteiger partial charge in [0.25, 0.3) is 0 Å². The molecule has 0 aromatic heterocycles. The fraction of sp³-hybridized carbons (Fsp3) is 0.125. The van der Waals surface area contributed by atoms with Gasteiger partial charge in [-0.15, -0.1) is 0 Å². The molecule has 2 rings (SSSR count). The lowest BCUT2D eigenvalue weighted by Gasteiger charge is -2.11. The molecular formula is C16H13FO4. The second-order valence-corrected chi connectivity index (χ2v) is 4.13. The van der Waals surface area contributed by atoms with Gasteiger partial charge in [-0.2, -0.15) is 0 Å². The van der Waals surface area contributed by atoms with Crippen LogP contribution in [0.25, 0.3) is 0 Å². The van der Waals surface area contributed by atoms with Crippen molar-refractivity contribution in [1.82, 2.24) is 0 Å². The first kappa shape index (κ1) is 14.7. The van der Waals surface area contributed by atoms with Crippen molar-refractivity contribution >= 4 is 12.3 Å². The minimum Gasteiger partial charge on any atom is -0.490 e. The van der Waals surface area contributed by atoms with Crippen LogP contribution in [0.15, 0.2) is 42.5 Å². The number of aldehydes is 1. The summed E-state index contributed by atoms with van der Waals surface area (Å²) in [5, 5.41) is 0. The zero-order valence-electron chi connectivity index (χ0n) is 11.3. The van der Waals surface area contributed by atoms with E-state index in [1.54, 1.807) is 13.0 Å². The van der Waals surface area contributed by atoms with Crippen molar-refractivity contribution in [1.29, 1.82) is 0 Å². The molecule has 0 atom stereocenters. The van der Waals surface area contributed by atoms with E-state index in [4.69, 9.17) is 9.47 Å². The van der Waals surface area contributed by atoms with Crippen molar-refractivity contribution in [2.24, 2.45) is 0 Å². The highest BCUT2D eigenvalue weighted by Crippen LogP contribution is 2.29. The number of rotatable bonds is 5. The van der Waals surface area contributed by atoms with Crippen molar-refractivity contribution in [3.8, 4) is 11.5 Å². The topological polar surface area (TPSA) is 52.6 Å². The summed E-state index contributed by atoms with van der Waals surface area (Å²) in [5.74, 6) is -1.10. The molecule has 0 unspecified atom stereocenters. The fourth-order valence-electron chi connectivity index (χ4n) is 1.73. The summed E-state index contributed by atoms with van der Waals surface area (Å²) in [6.07, 6.45) is 0.658. The highest BCUT2D eigenvalue weighted by molar-refractivity contribution is 5.91. The molecule has 0 aliphatic rings. The third kappa shape index (κ3) is 3.45. The van der Waals surface area contributed by atoms with E-state index >= 15 is 0 Å². The van der Waals surface area contributed by atoms with Crippen LogP contribution >= 0.6 is 0 Å². The summed E-state index contributed by atoms with van der Waals surface area (Å²) in [5.41, 5.74) is 0.226. The number of hydrogen-bond acceptors (Lipinski definition) is 4. The van der Waals surface area contributed by atoms with E-state index in [1.807, 2.05) is 0 Å². The van der Waals surface area contributed by atoms with Crippen LogP contribution in [0.3, 0.4) is 0 Å². The number of ether oxygens (including phenoxy) is 2. The Morgan fingerprint density at radius 3 is 2.62 bits per heavy atom. The normalized spacial score (nSPS) is 10.0. The van der Waals surface area contributed by atoms with E-state index in [9.17, 15) is 14.0 Å². The van der Waals surface area contributed by atoms with Crippen molar-refractivity contribution in [3.63, 3.8) is 0 Å². The smallest absolute Gasteiger partial charge is 0.346 e. The zero-order valence-corrected chi connectivity index (χ0v) is 11.3. The Morgan fingerprint density at radius 2 is 1.95 bits per heavy atom. The molecule has 0 spiro atoms. The van der Waals surface area contributed by atoms with Crippen LogP contribution in [0, 0.1) is 5.82 Å². The van der Waals surface area contributed by atoms with E-state index < -0.39 is 11.8 Å². The standard InChI is InChI=1S/C16H13FO4/c1-2-20-15-9-11(10-18)7-8-14(15)21-16(19)12-5-3-4-6-13(12)17/h3-10H,2H2,1H3. The lowest BCUT2D eigenvalue weighted by Crippen LogP contribution is -2.11. The van der Waals surface area contributed by atoms with Gasteiger partial charge in [0.05, 0.1) is 12.2 Å². The average molecular weight is 288 g/mol. The maximum Gasteiger partial charge on any atom is 0.346 e. The molecule has 0 fully saturated rings. The second-order valence-electron chi connectivity index (χ2n) is 4.13. The molecule has 0 saturated heterocycles. The molecule has 0 aliphatic carbocycles. The predicted molar refractivity (Wildman–Crippen MR) is 74.4 cm³/mol. The van der Waals surface area contributed by atoms with Crippen molar-refractivity contribution in [2.75, 3.05) is 6.61 Å². The summed E-state index contributed by atoms with van der Waals surface area (Å²) < 4.78 is 24.0. The number of carbonyl (C=O) groups excluding carboxylic acids is 2. The lowest BCUT2D eigenvalue weighted by atomic mass is 10.2. The second kappa shape index (κ2) is 6.65. The molecule has 2 aromatic carbocycles. The van der Waals surface area contributed by atoms with E-state index in [1.165, 1.54) is 36.4 Å². The van der Waals surface area contributed by atoms with Crippen LogP contribution in [0.4, 0.5) is 4.39 Å². The number of esters is 1. The van der Waals surface area contributed by atoms with E-state index in [0.717, 1.165) is 0 Å². The first-order valence-corrected chi connectivity index (χ1v) is 6.34. The molecule has 0 aliphatic heterocycles. The van der Waals surface area contributed by atoms with Crippen LogP contribution in [-0.4, -0.2) is 18.9 Å². The molecule has 2 aromatic rings. The maximum absolute atomic E-state index is 13.5. The summed E-state index contributed by atoms with van der Waals surface area (Å²) in [6, 6.07) is 9.91. The van der Waals surface area contributed by atoms with Crippen LogP contribution in [0.1, 0.15) is 27.6 Å². The molecule has 4 nitrogen and oxygen atoms in total. The minimum atomic E-state index is -0.826. The number of halogens is 1. The fourth-order valence-corrected chi connectivity index (χ4v) is 1.73. The molecule has 21 heavy (non-hydrogen) atoms. The number of carbonyl (C=O) groups is 2. The van der Waals surface area contributed by atoms with Crippen LogP contribution in [0.5, 0.6) is 11.5 Å². The Bertz CT molecular complexity index is 667. The number of benzene rings is 2. The minimum absolute atomic E-state index is 0.135. The highest BCUT2D eigenvalue weighted by atomic mass is 19.1. The number of hydrogen-bond donors (Lipinski definition) is 0. The summed E-state index contributed by atoms with van der Waals surface area (Å²) in [7, 11) is 0. The quantitative estimate of drug-likeness (QED) is 0.481. The molecule has 0 heterocycles. The van der Waals surface area contributed by atoms with Crippen LogP contribution in [0.2, 0.25) is 0 Å². The van der Waals surface area contributed by atoms with Crippen molar-refractivity contribution < 1.29 is 23.5 Å². The molecule has 0 amide bonds. The highest BCUT2D eigenvalue weighted by Gasteiger charge is 2.16. The van der Waals surface area contributed by atoms with Gasteiger partial charge in [0.1, 0.15) is 12.1 Å². The van der Waals surface area contributed by atoms with Crippen molar-refractivity contribution in [3.05, 3.63) is 59.4 Å². The van der Waals surface area contributed by atoms with Crippen molar-refractivity contribution in [2.45, 2.75) is 6.92 Å². The third-order valence-electron chi connectivity index (χ3n) is 2.70. The van der Waals surface area contributed by atoms with Gasteiger partial charge in [-0.3, -0.25) is 4.79 Å². The van der Waals surface area contributed by atoms with Gasteiger partial charge in [0.2, 0.25) is 0 Å². The summed E-state index contributed by atoms with van der Waals surface area (Å²) in [4.78, 5) is 22.7. The molecule has 108 valence electrons. The monoisotopic (exact) mass is 288 g/mol. The van der Waals surface area contributed by atoms with Gasteiger partial charge < -0.3 is 9.47 Å². The Hall–Kier alpha value is -2.69. The molecule has 0 saturated carbocycles. The van der Waals surface area contributed by atoms with Crippen LogP contribution < -0.4 is 9.47 Å². The van der Waals surface area contributed by atoms with Gasteiger partial charge >= 0.3 is 5.97 Å². The van der Waals surface area contributed by atoms with E-state index in [2.05, 4.69) is 0 Å². The summed E-state index contributed by atoms with van der Waals surface area (Å²) in [6.45, 7) is 2.10.